The lowest BCUT2D eigenvalue weighted by molar-refractivity contribution is -0.133. The Balaban J connectivity index is 1.40. The average molecular weight is 395 g/mol. The van der Waals surface area contributed by atoms with Crippen molar-refractivity contribution < 1.29 is 4.79 Å². The number of carbonyl (C=O) groups is 1. The van der Waals surface area contributed by atoms with E-state index in [1.54, 1.807) is 0 Å². The first kappa shape index (κ1) is 20.1. The Morgan fingerprint density at radius 2 is 1.79 bits per heavy atom. The minimum Gasteiger partial charge on any atom is -0.371 e. The fourth-order valence-electron chi connectivity index (χ4n) is 4.67. The van der Waals surface area contributed by atoms with Crippen LogP contribution in [0.1, 0.15) is 38.3 Å². The molecule has 156 valence electrons. The minimum absolute atomic E-state index is 0.358. The van der Waals surface area contributed by atoms with Crippen molar-refractivity contribution in [1.29, 1.82) is 0 Å². The Bertz CT molecular complexity index is 836. The number of hydrogen-bond acceptors (Lipinski definition) is 4. The molecule has 1 aromatic heterocycles. The van der Waals surface area contributed by atoms with Gasteiger partial charge in [0.05, 0.1) is 5.52 Å². The third-order valence-corrected chi connectivity index (χ3v) is 6.53. The fourth-order valence-corrected chi connectivity index (χ4v) is 4.67. The number of rotatable bonds is 5. The first-order chi connectivity index (χ1) is 14.1. The van der Waals surface area contributed by atoms with E-state index < -0.39 is 0 Å². The summed E-state index contributed by atoms with van der Waals surface area (Å²) in [6.45, 7) is 8.04. The smallest absolute Gasteiger partial charge is 0.222 e. The van der Waals surface area contributed by atoms with Gasteiger partial charge in [0, 0.05) is 62.5 Å². The zero-order valence-electron chi connectivity index (χ0n) is 17.9. The van der Waals surface area contributed by atoms with Crippen LogP contribution in [0.5, 0.6) is 0 Å². The zero-order valence-corrected chi connectivity index (χ0v) is 17.9. The monoisotopic (exact) mass is 394 g/mol. The Morgan fingerprint density at radius 1 is 1.07 bits per heavy atom. The summed E-state index contributed by atoms with van der Waals surface area (Å²) >= 11 is 0. The molecule has 0 bridgehead atoms. The first-order valence-corrected chi connectivity index (χ1v) is 11.2. The van der Waals surface area contributed by atoms with Crippen molar-refractivity contribution in [3.63, 3.8) is 0 Å². The van der Waals surface area contributed by atoms with E-state index >= 15 is 0 Å². The molecule has 0 aliphatic carbocycles. The molecule has 3 heterocycles. The molecule has 2 aliphatic heterocycles. The van der Waals surface area contributed by atoms with Gasteiger partial charge in [0.15, 0.2) is 0 Å². The second kappa shape index (κ2) is 9.12. The molecule has 1 amide bonds. The number of hydrogen-bond donors (Lipinski definition) is 0. The van der Waals surface area contributed by atoms with E-state index in [2.05, 4.69) is 59.0 Å². The summed E-state index contributed by atoms with van der Waals surface area (Å²) in [6.07, 6.45) is 5.04. The van der Waals surface area contributed by atoms with Gasteiger partial charge in [0.1, 0.15) is 0 Å². The van der Waals surface area contributed by atoms with Crippen molar-refractivity contribution in [2.45, 2.75) is 39.0 Å². The lowest BCUT2D eigenvalue weighted by Gasteiger charge is -2.36. The molecule has 2 saturated heterocycles. The predicted octanol–water partition coefficient (Wildman–Crippen LogP) is 3.57. The van der Waals surface area contributed by atoms with E-state index in [1.807, 2.05) is 0 Å². The van der Waals surface area contributed by atoms with Crippen molar-refractivity contribution in [2.24, 2.45) is 5.92 Å². The number of fused-ring (bicyclic) bond motifs is 1. The number of pyridine rings is 1. The van der Waals surface area contributed by atoms with Crippen LogP contribution < -0.4 is 4.90 Å². The number of amides is 1. The molecule has 0 N–H and O–H groups in total. The Kier molecular flexibility index (Phi) is 6.34. The maximum absolute atomic E-state index is 12.7. The van der Waals surface area contributed by atoms with E-state index in [-0.39, 0.29) is 0 Å². The van der Waals surface area contributed by atoms with Crippen molar-refractivity contribution in [3.05, 3.63) is 36.0 Å². The molecule has 2 aliphatic rings. The number of para-hydroxylation sites is 1. The van der Waals surface area contributed by atoms with Crippen molar-refractivity contribution in [3.8, 4) is 0 Å². The molecular weight excluding hydrogens is 360 g/mol. The molecule has 4 rings (SSSR count). The molecular formula is C24H34N4O. The zero-order chi connectivity index (χ0) is 20.2. The first-order valence-electron chi connectivity index (χ1n) is 11.2. The molecule has 0 saturated carbocycles. The number of piperidine rings is 1. The van der Waals surface area contributed by atoms with Crippen LogP contribution in [0.3, 0.4) is 0 Å². The summed E-state index contributed by atoms with van der Waals surface area (Å²) in [4.78, 5) is 24.4. The van der Waals surface area contributed by atoms with Gasteiger partial charge in [-0.15, -0.1) is 0 Å². The topological polar surface area (TPSA) is 39.7 Å². The minimum atomic E-state index is 0.358. The van der Waals surface area contributed by atoms with Crippen LogP contribution in [0.15, 0.2) is 30.3 Å². The Hall–Kier alpha value is -2.14. The molecule has 0 radical (unpaired) electrons. The SMILES string of the molecule is CCCc1cc(N2CCC(CC(=O)N3CCN(C)CC3)CC2)c2ccccc2n1. The largest absolute Gasteiger partial charge is 0.371 e. The van der Waals surface area contributed by atoms with Crippen LogP contribution in [0.25, 0.3) is 10.9 Å². The van der Waals surface area contributed by atoms with Gasteiger partial charge in [-0.25, -0.2) is 0 Å². The highest BCUT2D eigenvalue weighted by atomic mass is 16.2. The van der Waals surface area contributed by atoms with Gasteiger partial charge in [-0.05, 0) is 44.4 Å². The maximum Gasteiger partial charge on any atom is 0.222 e. The van der Waals surface area contributed by atoms with E-state index in [1.165, 1.54) is 16.8 Å². The Labute approximate surface area is 174 Å². The predicted molar refractivity (Wildman–Crippen MR) is 119 cm³/mol. The quantitative estimate of drug-likeness (QED) is 0.777. The summed E-state index contributed by atoms with van der Waals surface area (Å²) in [7, 11) is 2.13. The number of anilines is 1. The fraction of sp³-hybridized carbons (Fsp3) is 0.583. The van der Waals surface area contributed by atoms with Gasteiger partial charge in [-0.1, -0.05) is 31.5 Å². The normalized spacial score (nSPS) is 19.1. The lowest BCUT2D eigenvalue weighted by atomic mass is 9.92. The Morgan fingerprint density at radius 3 is 2.52 bits per heavy atom. The van der Waals surface area contributed by atoms with Gasteiger partial charge in [-0.3, -0.25) is 9.78 Å². The number of likely N-dealkylation sites (N-methyl/N-ethyl adjacent to an activating group) is 1. The van der Waals surface area contributed by atoms with Gasteiger partial charge in [0.25, 0.3) is 0 Å². The maximum atomic E-state index is 12.7. The standard InChI is InChI=1S/C24H34N4O/c1-3-6-20-18-23(21-7-4-5-8-22(21)25-20)27-11-9-19(10-12-27)17-24(29)28-15-13-26(2)14-16-28/h4-5,7-8,18-19H,3,6,9-17H2,1-2H3. The van der Waals surface area contributed by atoms with E-state index in [0.29, 0.717) is 11.8 Å². The van der Waals surface area contributed by atoms with Gasteiger partial charge in [-0.2, -0.15) is 0 Å². The molecule has 2 aromatic rings. The highest BCUT2D eigenvalue weighted by molar-refractivity contribution is 5.92. The van der Waals surface area contributed by atoms with Crippen LogP contribution in [0.4, 0.5) is 5.69 Å². The average Bonchev–Trinajstić information content (AvgIpc) is 2.74. The highest BCUT2D eigenvalue weighted by Gasteiger charge is 2.26. The number of aromatic nitrogens is 1. The second-order valence-corrected chi connectivity index (χ2v) is 8.72. The number of benzene rings is 1. The van der Waals surface area contributed by atoms with E-state index in [4.69, 9.17) is 4.98 Å². The number of aryl methyl sites for hydroxylation is 1. The molecule has 29 heavy (non-hydrogen) atoms. The van der Waals surface area contributed by atoms with Crippen LogP contribution in [-0.4, -0.2) is 67.0 Å². The number of carbonyl (C=O) groups excluding carboxylic acids is 1. The van der Waals surface area contributed by atoms with Crippen molar-refractivity contribution in [2.75, 3.05) is 51.2 Å². The third kappa shape index (κ3) is 4.72. The van der Waals surface area contributed by atoms with Crippen molar-refractivity contribution in [1.82, 2.24) is 14.8 Å². The molecule has 0 unspecified atom stereocenters. The van der Waals surface area contributed by atoms with Crippen LogP contribution in [-0.2, 0) is 11.2 Å². The summed E-state index contributed by atoms with van der Waals surface area (Å²) in [5.74, 6) is 0.873. The highest BCUT2D eigenvalue weighted by Crippen LogP contribution is 2.31. The van der Waals surface area contributed by atoms with Crippen LogP contribution in [0, 0.1) is 5.92 Å². The molecule has 2 fully saturated rings. The van der Waals surface area contributed by atoms with Gasteiger partial charge >= 0.3 is 0 Å². The summed E-state index contributed by atoms with van der Waals surface area (Å²) in [6, 6.07) is 10.8. The molecule has 1 aromatic carbocycles. The number of nitrogens with zero attached hydrogens (tertiary/aromatic N) is 4. The van der Waals surface area contributed by atoms with E-state index in [9.17, 15) is 4.79 Å². The summed E-state index contributed by atoms with van der Waals surface area (Å²) in [5, 5.41) is 1.25. The van der Waals surface area contributed by atoms with Crippen molar-refractivity contribution >= 4 is 22.5 Å². The summed E-state index contributed by atoms with van der Waals surface area (Å²) < 4.78 is 0. The molecule has 0 atom stereocenters. The molecule has 0 spiro atoms. The second-order valence-electron chi connectivity index (χ2n) is 8.72. The third-order valence-electron chi connectivity index (χ3n) is 6.53. The van der Waals surface area contributed by atoms with Gasteiger partial charge in [0.2, 0.25) is 5.91 Å². The summed E-state index contributed by atoms with van der Waals surface area (Å²) in [5.41, 5.74) is 3.61. The van der Waals surface area contributed by atoms with Crippen LogP contribution in [0.2, 0.25) is 0 Å². The van der Waals surface area contributed by atoms with E-state index in [0.717, 1.165) is 76.9 Å². The lowest BCUT2D eigenvalue weighted by Crippen LogP contribution is -2.47. The molecule has 5 heteroatoms. The van der Waals surface area contributed by atoms with Crippen LogP contribution >= 0.6 is 0 Å². The molecule has 5 nitrogen and oxygen atoms in total. The number of piperazine rings is 1. The van der Waals surface area contributed by atoms with Gasteiger partial charge < -0.3 is 14.7 Å².